The van der Waals surface area contributed by atoms with Crippen LogP contribution in [0.5, 0.6) is 0 Å². The monoisotopic (exact) mass is 290 g/mol. The van der Waals surface area contributed by atoms with E-state index in [1.54, 1.807) is 0 Å². The molecule has 0 aromatic heterocycles. The highest BCUT2D eigenvalue weighted by atomic mass is 19.1. The predicted molar refractivity (Wildman–Crippen MR) is 78.2 cm³/mol. The van der Waals surface area contributed by atoms with E-state index in [4.69, 9.17) is 10.5 Å². The van der Waals surface area contributed by atoms with Gasteiger partial charge in [-0.25, -0.2) is 4.39 Å². The molecule has 1 aromatic carbocycles. The second kappa shape index (κ2) is 7.77. The van der Waals surface area contributed by atoms with Crippen LogP contribution in [-0.2, 0) is 4.74 Å². The van der Waals surface area contributed by atoms with E-state index in [0.29, 0.717) is 18.0 Å². The van der Waals surface area contributed by atoms with Crippen LogP contribution in [0.2, 0.25) is 0 Å². The second-order valence-electron chi connectivity index (χ2n) is 4.96. The Bertz CT molecular complexity index is 557. The van der Waals surface area contributed by atoms with Crippen molar-refractivity contribution >= 4 is 5.91 Å². The van der Waals surface area contributed by atoms with Gasteiger partial charge >= 0.3 is 0 Å². The molecule has 1 heterocycles. The lowest BCUT2D eigenvalue weighted by molar-refractivity contribution is 0.0642. The Labute approximate surface area is 123 Å². The molecule has 3 N–H and O–H groups in total. The molecular weight excluding hydrogens is 271 g/mol. The summed E-state index contributed by atoms with van der Waals surface area (Å²) in [5.41, 5.74) is 6.07. The van der Waals surface area contributed by atoms with Gasteiger partial charge in [0.1, 0.15) is 5.82 Å². The lowest BCUT2D eigenvalue weighted by atomic mass is 10.00. The zero-order valence-electron chi connectivity index (χ0n) is 11.8. The quantitative estimate of drug-likeness (QED) is 0.825. The van der Waals surface area contributed by atoms with E-state index in [9.17, 15) is 9.18 Å². The molecule has 1 saturated heterocycles. The Kier molecular flexibility index (Phi) is 5.73. The molecule has 1 aliphatic heterocycles. The molecule has 1 amide bonds. The number of benzene rings is 1. The van der Waals surface area contributed by atoms with Crippen LogP contribution in [0, 0.1) is 23.6 Å². The average molecular weight is 290 g/mol. The van der Waals surface area contributed by atoms with Gasteiger partial charge < -0.3 is 15.8 Å². The predicted octanol–water partition coefficient (Wildman–Crippen LogP) is 1.29. The third-order valence-corrected chi connectivity index (χ3v) is 3.44. The smallest absolute Gasteiger partial charge is 0.252 e. The highest BCUT2D eigenvalue weighted by molar-refractivity contribution is 5.96. The van der Waals surface area contributed by atoms with Crippen molar-refractivity contribution < 1.29 is 13.9 Å². The van der Waals surface area contributed by atoms with E-state index in [1.165, 1.54) is 18.2 Å². The fourth-order valence-corrected chi connectivity index (χ4v) is 2.24. The standard InChI is InChI=1S/C16H19FN2O2/c17-14-4-3-13(2-1-7-18)15(10-14)16(20)19-11-12-5-8-21-9-6-12/h3-4,10,12H,5-9,11,18H2,(H,19,20). The first-order valence-corrected chi connectivity index (χ1v) is 7.05. The number of ether oxygens (including phenoxy) is 1. The van der Waals surface area contributed by atoms with Gasteiger partial charge in [-0.15, -0.1) is 0 Å². The van der Waals surface area contributed by atoms with Crippen LogP contribution in [0.15, 0.2) is 18.2 Å². The maximum atomic E-state index is 13.4. The van der Waals surface area contributed by atoms with Crippen LogP contribution in [-0.4, -0.2) is 32.2 Å². The normalized spacial score (nSPS) is 15.1. The van der Waals surface area contributed by atoms with Crippen molar-refractivity contribution in [2.45, 2.75) is 12.8 Å². The molecule has 1 fully saturated rings. The number of amides is 1. The Morgan fingerprint density at radius 3 is 2.90 bits per heavy atom. The Morgan fingerprint density at radius 2 is 2.19 bits per heavy atom. The van der Waals surface area contributed by atoms with Crippen LogP contribution < -0.4 is 11.1 Å². The molecule has 0 saturated carbocycles. The summed E-state index contributed by atoms with van der Waals surface area (Å²) in [7, 11) is 0. The molecular formula is C16H19FN2O2. The Morgan fingerprint density at radius 1 is 1.43 bits per heavy atom. The van der Waals surface area contributed by atoms with Crippen molar-refractivity contribution in [3.8, 4) is 11.8 Å². The van der Waals surface area contributed by atoms with Crippen molar-refractivity contribution in [2.75, 3.05) is 26.3 Å². The minimum absolute atomic E-state index is 0.195. The first-order valence-electron chi connectivity index (χ1n) is 7.05. The number of nitrogens with one attached hydrogen (secondary N) is 1. The molecule has 0 atom stereocenters. The number of rotatable bonds is 3. The van der Waals surface area contributed by atoms with Crippen molar-refractivity contribution in [1.29, 1.82) is 0 Å². The van der Waals surface area contributed by atoms with E-state index in [2.05, 4.69) is 17.2 Å². The molecule has 2 rings (SSSR count). The van der Waals surface area contributed by atoms with E-state index in [0.717, 1.165) is 26.1 Å². The van der Waals surface area contributed by atoms with Crippen molar-refractivity contribution in [1.82, 2.24) is 5.32 Å². The Balaban J connectivity index is 2.04. The molecule has 0 spiro atoms. The minimum atomic E-state index is -0.454. The van der Waals surface area contributed by atoms with Crippen LogP contribution >= 0.6 is 0 Å². The fourth-order valence-electron chi connectivity index (χ4n) is 2.24. The van der Waals surface area contributed by atoms with Gasteiger partial charge in [-0.3, -0.25) is 4.79 Å². The second-order valence-corrected chi connectivity index (χ2v) is 4.96. The van der Waals surface area contributed by atoms with Gasteiger partial charge in [0.25, 0.3) is 5.91 Å². The molecule has 1 aromatic rings. The van der Waals surface area contributed by atoms with Gasteiger partial charge in [0, 0.05) is 25.3 Å². The van der Waals surface area contributed by atoms with E-state index in [-0.39, 0.29) is 18.0 Å². The zero-order valence-corrected chi connectivity index (χ0v) is 11.8. The number of carbonyl (C=O) groups is 1. The number of hydrogen-bond donors (Lipinski definition) is 2. The summed E-state index contributed by atoms with van der Waals surface area (Å²) < 4.78 is 18.6. The first-order chi connectivity index (χ1) is 10.2. The summed E-state index contributed by atoms with van der Waals surface area (Å²) >= 11 is 0. The molecule has 4 nitrogen and oxygen atoms in total. The highest BCUT2D eigenvalue weighted by Crippen LogP contribution is 2.14. The van der Waals surface area contributed by atoms with E-state index >= 15 is 0 Å². The molecule has 1 aliphatic rings. The summed E-state index contributed by atoms with van der Waals surface area (Å²) in [4.78, 5) is 12.2. The summed E-state index contributed by atoms with van der Waals surface area (Å²) in [6.07, 6.45) is 1.87. The molecule has 0 radical (unpaired) electrons. The third-order valence-electron chi connectivity index (χ3n) is 3.44. The summed E-state index contributed by atoms with van der Waals surface area (Å²) in [5, 5.41) is 2.85. The summed E-state index contributed by atoms with van der Waals surface area (Å²) in [6.45, 7) is 2.23. The van der Waals surface area contributed by atoms with Gasteiger partial charge in [-0.2, -0.15) is 0 Å². The van der Waals surface area contributed by atoms with Gasteiger partial charge in [0.2, 0.25) is 0 Å². The number of carbonyl (C=O) groups excluding carboxylic acids is 1. The minimum Gasteiger partial charge on any atom is -0.381 e. The summed E-state index contributed by atoms with van der Waals surface area (Å²) in [5.74, 6) is 5.13. The largest absolute Gasteiger partial charge is 0.381 e. The summed E-state index contributed by atoms with van der Waals surface area (Å²) in [6, 6.07) is 4.00. The molecule has 0 bridgehead atoms. The molecule has 21 heavy (non-hydrogen) atoms. The maximum absolute atomic E-state index is 13.4. The number of nitrogens with two attached hydrogens (primary N) is 1. The van der Waals surface area contributed by atoms with Crippen LogP contribution in [0.3, 0.4) is 0 Å². The molecule has 112 valence electrons. The average Bonchev–Trinajstić information content (AvgIpc) is 2.52. The van der Waals surface area contributed by atoms with Crippen LogP contribution in [0.1, 0.15) is 28.8 Å². The first kappa shape index (κ1) is 15.5. The Hall–Kier alpha value is -1.90. The maximum Gasteiger partial charge on any atom is 0.252 e. The van der Waals surface area contributed by atoms with Gasteiger partial charge in [0.15, 0.2) is 0 Å². The SMILES string of the molecule is NCC#Cc1ccc(F)cc1C(=O)NCC1CCOCC1. The van der Waals surface area contributed by atoms with E-state index < -0.39 is 5.82 Å². The molecule has 0 unspecified atom stereocenters. The van der Waals surface area contributed by atoms with E-state index in [1.807, 2.05) is 0 Å². The van der Waals surface area contributed by atoms with Crippen LogP contribution in [0.25, 0.3) is 0 Å². The molecule has 0 aliphatic carbocycles. The van der Waals surface area contributed by atoms with Gasteiger partial charge in [-0.1, -0.05) is 11.8 Å². The number of halogens is 1. The third kappa shape index (κ3) is 4.55. The van der Waals surface area contributed by atoms with Crippen molar-refractivity contribution in [3.63, 3.8) is 0 Å². The van der Waals surface area contributed by atoms with Crippen LogP contribution in [0.4, 0.5) is 4.39 Å². The highest BCUT2D eigenvalue weighted by Gasteiger charge is 2.16. The lowest BCUT2D eigenvalue weighted by Crippen LogP contribution is -2.32. The topological polar surface area (TPSA) is 64.4 Å². The van der Waals surface area contributed by atoms with Gasteiger partial charge in [-0.05, 0) is 37.0 Å². The zero-order chi connectivity index (χ0) is 15.1. The van der Waals surface area contributed by atoms with Crippen molar-refractivity contribution in [2.24, 2.45) is 11.7 Å². The van der Waals surface area contributed by atoms with Gasteiger partial charge in [0.05, 0.1) is 12.1 Å². The lowest BCUT2D eigenvalue weighted by Gasteiger charge is -2.22. The number of hydrogen-bond acceptors (Lipinski definition) is 3. The van der Waals surface area contributed by atoms with Crippen molar-refractivity contribution in [3.05, 3.63) is 35.1 Å². The molecule has 5 heteroatoms. The fraction of sp³-hybridized carbons (Fsp3) is 0.438.